The van der Waals surface area contributed by atoms with Gasteiger partial charge in [0.15, 0.2) is 5.82 Å². The molecule has 3 rings (SSSR count). The molecule has 29 heavy (non-hydrogen) atoms. The molecule has 2 heterocycles. The molecular formula is C17H16Cl2N6O4. The molecule has 10 nitrogen and oxygen atoms in total. The molecular weight excluding hydrogens is 423 g/mol. The molecule has 2 aromatic heterocycles. The Kier molecular flexibility index (Phi) is 6.35. The van der Waals surface area contributed by atoms with Gasteiger partial charge in [-0.1, -0.05) is 41.4 Å². The van der Waals surface area contributed by atoms with Gasteiger partial charge in [0.2, 0.25) is 5.91 Å². The number of carbonyl (C=O) groups is 1. The average molecular weight is 439 g/mol. The molecule has 12 heteroatoms. The minimum absolute atomic E-state index is 0.00961. The number of nitro groups is 1. The van der Waals surface area contributed by atoms with Crippen LogP contribution in [0.25, 0.3) is 0 Å². The minimum atomic E-state index is -0.603. The third kappa shape index (κ3) is 5.04. The molecule has 0 aliphatic heterocycles. The Hall–Kier alpha value is -3.11. The van der Waals surface area contributed by atoms with Crippen LogP contribution in [-0.4, -0.2) is 37.5 Å². The number of amides is 1. The first-order valence-electron chi connectivity index (χ1n) is 8.39. The lowest BCUT2D eigenvalue weighted by Gasteiger charge is -2.04. The summed E-state index contributed by atoms with van der Waals surface area (Å²) in [5, 5.41) is 22.6. The zero-order valence-electron chi connectivity index (χ0n) is 15.2. The zero-order valence-corrected chi connectivity index (χ0v) is 16.7. The number of carbonyl (C=O) groups excluding carboxylic acids is 1. The van der Waals surface area contributed by atoms with Crippen molar-refractivity contribution in [1.82, 2.24) is 19.6 Å². The van der Waals surface area contributed by atoms with E-state index < -0.39 is 4.92 Å². The van der Waals surface area contributed by atoms with Crippen molar-refractivity contribution in [3.63, 3.8) is 0 Å². The molecule has 3 aromatic rings. The molecule has 0 fully saturated rings. The van der Waals surface area contributed by atoms with Gasteiger partial charge in [-0.15, -0.1) is 5.10 Å². The number of anilines is 1. The quantitative estimate of drug-likeness (QED) is 0.425. The number of nitrogens with zero attached hydrogens (tertiary/aromatic N) is 5. The van der Waals surface area contributed by atoms with Gasteiger partial charge in [0.25, 0.3) is 0 Å². The summed E-state index contributed by atoms with van der Waals surface area (Å²) in [4.78, 5) is 22.5. The summed E-state index contributed by atoms with van der Waals surface area (Å²) < 4.78 is 7.69. The molecule has 0 aliphatic carbocycles. The Bertz CT molecular complexity index is 1050. The van der Waals surface area contributed by atoms with E-state index >= 15 is 0 Å². The zero-order chi connectivity index (χ0) is 21.0. The number of halogens is 2. The Morgan fingerprint density at radius 2 is 1.97 bits per heavy atom. The van der Waals surface area contributed by atoms with Crippen molar-refractivity contribution in [1.29, 1.82) is 0 Å². The third-order valence-corrected chi connectivity index (χ3v) is 4.58. The van der Waals surface area contributed by atoms with Crippen LogP contribution in [0, 0.1) is 10.1 Å². The van der Waals surface area contributed by atoms with Gasteiger partial charge in [0.05, 0.1) is 25.1 Å². The second-order valence-corrected chi connectivity index (χ2v) is 6.77. The van der Waals surface area contributed by atoms with Gasteiger partial charge < -0.3 is 10.1 Å². The fourth-order valence-electron chi connectivity index (χ4n) is 2.55. The van der Waals surface area contributed by atoms with Gasteiger partial charge in [-0.3, -0.25) is 24.3 Å². The van der Waals surface area contributed by atoms with Gasteiger partial charge in [0.1, 0.15) is 11.2 Å². The van der Waals surface area contributed by atoms with Gasteiger partial charge in [-0.05, 0) is 11.6 Å². The topological polar surface area (TPSA) is 117 Å². The maximum Gasteiger partial charge on any atom is 0.350 e. The fourth-order valence-corrected chi connectivity index (χ4v) is 2.95. The van der Waals surface area contributed by atoms with Crippen molar-refractivity contribution in [2.24, 2.45) is 0 Å². The predicted octanol–water partition coefficient (Wildman–Crippen LogP) is 3.38. The highest BCUT2D eigenvalue weighted by Gasteiger charge is 2.20. The van der Waals surface area contributed by atoms with Crippen LogP contribution in [0.5, 0.6) is 5.88 Å². The molecule has 1 N–H and O–H groups in total. The standard InChI is InChI=1S/C17H16Cl2N6O4/c1-29-17-14(25(27)28)10-23(22-17)7-6-15(26)20-16-13(19)9-24(21-16)8-11-4-2-3-5-12(11)18/h2-5,9-10H,6-8H2,1H3,(H,20,21,26). The van der Waals surface area contributed by atoms with E-state index in [4.69, 9.17) is 27.9 Å². The van der Waals surface area contributed by atoms with Gasteiger partial charge in [0, 0.05) is 17.6 Å². The molecule has 0 atom stereocenters. The SMILES string of the molecule is COc1nn(CCC(=O)Nc2nn(Cc3ccccc3Cl)cc2Cl)cc1[N+](=O)[O-]. The van der Waals surface area contributed by atoms with E-state index in [1.807, 2.05) is 18.2 Å². The Labute approximate surface area is 175 Å². The van der Waals surface area contributed by atoms with Crippen LogP contribution in [0.4, 0.5) is 11.5 Å². The molecule has 152 valence electrons. The molecule has 0 spiro atoms. The molecule has 0 bridgehead atoms. The van der Waals surface area contributed by atoms with Crippen molar-refractivity contribution >= 4 is 40.6 Å². The summed E-state index contributed by atoms with van der Waals surface area (Å²) in [6.45, 7) is 0.514. The number of benzene rings is 1. The van der Waals surface area contributed by atoms with Crippen molar-refractivity contribution in [3.05, 3.63) is 62.4 Å². The Balaban J connectivity index is 1.60. The van der Waals surface area contributed by atoms with E-state index in [-0.39, 0.29) is 41.3 Å². The number of aryl methyl sites for hydroxylation is 1. The molecule has 0 aliphatic rings. The number of aromatic nitrogens is 4. The van der Waals surface area contributed by atoms with Crippen LogP contribution in [0.1, 0.15) is 12.0 Å². The number of ether oxygens (including phenoxy) is 1. The van der Waals surface area contributed by atoms with E-state index in [1.165, 1.54) is 18.0 Å². The van der Waals surface area contributed by atoms with Gasteiger partial charge in [-0.25, -0.2) is 0 Å². The van der Waals surface area contributed by atoms with Crippen molar-refractivity contribution in [2.45, 2.75) is 19.5 Å². The lowest BCUT2D eigenvalue weighted by Crippen LogP contribution is -2.15. The number of hydrogen-bond donors (Lipinski definition) is 1. The number of nitrogens with one attached hydrogen (secondary N) is 1. The smallest absolute Gasteiger partial charge is 0.350 e. The van der Waals surface area contributed by atoms with Crippen LogP contribution in [0.2, 0.25) is 10.0 Å². The lowest BCUT2D eigenvalue weighted by atomic mass is 10.2. The molecule has 1 aromatic carbocycles. The molecule has 0 saturated heterocycles. The third-order valence-electron chi connectivity index (χ3n) is 3.93. The number of rotatable bonds is 8. The van der Waals surface area contributed by atoms with E-state index in [9.17, 15) is 14.9 Å². The second-order valence-electron chi connectivity index (χ2n) is 5.96. The highest BCUT2D eigenvalue weighted by atomic mass is 35.5. The lowest BCUT2D eigenvalue weighted by molar-refractivity contribution is -0.385. The normalized spacial score (nSPS) is 10.7. The van der Waals surface area contributed by atoms with Crippen LogP contribution in [0.3, 0.4) is 0 Å². The van der Waals surface area contributed by atoms with Crippen LogP contribution in [0.15, 0.2) is 36.7 Å². The van der Waals surface area contributed by atoms with E-state index in [1.54, 1.807) is 16.9 Å². The highest BCUT2D eigenvalue weighted by molar-refractivity contribution is 6.33. The van der Waals surface area contributed by atoms with Crippen LogP contribution in [-0.2, 0) is 17.9 Å². The van der Waals surface area contributed by atoms with Crippen molar-refractivity contribution < 1.29 is 14.5 Å². The molecule has 0 unspecified atom stereocenters. The number of methoxy groups -OCH3 is 1. The van der Waals surface area contributed by atoms with Crippen LogP contribution >= 0.6 is 23.2 Å². The summed E-state index contributed by atoms with van der Waals surface area (Å²) in [7, 11) is 1.29. The van der Waals surface area contributed by atoms with Gasteiger partial charge >= 0.3 is 11.6 Å². The monoisotopic (exact) mass is 438 g/mol. The predicted molar refractivity (Wildman–Crippen MR) is 106 cm³/mol. The van der Waals surface area contributed by atoms with E-state index in [0.29, 0.717) is 11.6 Å². The van der Waals surface area contributed by atoms with Crippen molar-refractivity contribution in [2.75, 3.05) is 12.4 Å². The first kappa shape index (κ1) is 20.6. The average Bonchev–Trinajstić information content (AvgIpc) is 3.25. The van der Waals surface area contributed by atoms with Gasteiger partial charge in [-0.2, -0.15) is 5.10 Å². The summed E-state index contributed by atoms with van der Waals surface area (Å²) in [6.07, 6.45) is 2.80. The summed E-state index contributed by atoms with van der Waals surface area (Å²) >= 11 is 12.3. The first-order chi connectivity index (χ1) is 13.9. The molecule has 0 saturated carbocycles. The number of hydrogen-bond acceptors (Lipinski definition) is 6. The summed E-state index contributed by atoms with van der Waals surface area (Å²) in [5.41, 5.74) is 0.592. The summed E-state index contributed by atoms with van der Waals surface area (Å²) in [5.74, 6) is -0.267. The second kappa shape index (κ2) is 8.93. The van der Waals surface area contributed by atoms with Crippen LogP contribution < -0.4 is 10.1 Å². The first-order valence-corrected chi connectivity index (χ1v) is 9.15. The highest BCUT2D eigenvalue weighted by Crippen LogP contribution is 2.24. The summed E-state index contributed by atoms with van der Waals surface area (Å²) in [6, 6.07) is 7.34. The maximum absolute atomic E-state index is 12.2. The van der Waals surface area contributed by atoms with Crippen molar-refractivity contribution in [3.8, 4) is 5.88 Å². The Morgan fingerprint density at radius 1 is 1.21 bits per heavy atom. The maximum atomic E-state index is 12.2. The van der Waals surface area contributed by atoms with E-state index in [0.717, 1.165) is 5.56 Å². The van der Waals surface area contributed by atoms with E-state index in [2.05, 4.69) is 15.5 Å². The minimum Gasteiger partial charge on any atom is -0.475 e. The molecule has 0 radical (unpaired) electrons. The fraction of sp³-hybridized carbons (Fsp3) is 0.235. The molecule has 1 amide bonds. The largest absolute Gasteiger partial charge is 0.475 e. The Morgan fingerprint density at radius 3 is 2.62 bits per heavy atom.